The number of nitrogens with one attached hydrogen (secondary N) is 1. The second-order valence-corrected chi connectivity index (χ2v) is 10.4. The Bertz CT molecular complexity index is 1200. The number of aromatic nitrogens is 1. The van der Waals surface area contributed by atoms with Crippen LogP contribution < -0.4 is 14.4 Å². The first kappa shape index (κ1) is 19.9. The molecule has 0 bridgehead atoms. The zero-order valence-electron chi connectivity index (χ0n) is 14.8. The Morgan fingerprint density at radius 3 is 2.90 bits per heavy atom. The maximum Gasteiger partial charge on any atom is 0.273 e. The van der Waals surface area contributed by atoms with Crippen molar-refractivity contribution in [3.05, 3.63) is 52.7 Å². The molecule has 4 rings (SSSR count). The molecule has 3 aromatic rings. The van der Waals surface area contributed by atoms with Gasteiger partial charge >= 0.3 is 0 Å². The van der Waals surface area contributed by atoms with Gasteiger partial charge in [-0.2, -0.15) is 0 Å². The van der Waals surface area contributed by atoms with E-state index in [2.05, 4.69) is 16.3 Å². The summed E-state index contributed by atoms with van der Waals surface area (Å²) in [6.07, 6.45) is 1.65. The second-order valence-electron chi connectivity index (χ2n) is 5.97. The van der Waals surface area contributed by atoms with Crippen LogP contribution in [0.4, 0.5) is 10.8 Å². The summed E-state index contributed by atoms with van der Waals surface area (Å²) in [5, 5.41) is 1.97. The lowest BCUT2D eigenvalue weighted by Gasteiger charge is -2.28. The first-order valence-electron chi connectivity index (χ1n) is 8.29. The minimum atomic E-state index is -3.75. The number of sulfonamides is 1. The van der Waals surface area contributed by atoms with E-state index in [-0.39, 0.29) is 21.9 Å². The van der Waals surface area contributed by atoms with Crippen molar-refractivity contribution < 1.29 is 17.9 Å². The second kappa shape index (κ2) is 7.79. The van der Waals surface area contributed by atoms with Gasteiger partial charge in [0.05, 0.1) is 15.7 Å². The van der Waals surface area contributed by atoms with Crippen LogP contribution in [0.2, 0.25) is 4.34 Å². The SMILES string of the molecule is C=CCN1C(=O)COc2ccc(-c3csc(NS(=O)(=O)c4ccc(Cl)s4)n3)cc21. The molecular formula is C18H14ClN3O4S3. The van der Waals surface area contributed by atoms with Crippen molar-refractivity contribution in [3.8, 4) is 17.0 Å². The van der Waals surface area contributed by atoms with Gasteiger partial charge < -0.3 is 9.64 Å². The van der Waals surface area contributed by atoms with E-state index in [1.54, 1.807) is 28.5 Å². The number of nitrogens with zero attached hydrogens (tertiary/aromatic N) is 2. The predicted octanol–water partition coefficient (Wildman–Crippen LogP) is 4.24. The van der Waals surface area contributed by atoms with Crippen LogP contribution in [0.1, 0.15) is 0 Å². The zero-order chi connectivity index (χ0) is 20.6. The van der Waals surface area contributed by atoms with Crippen LogP contribution >= 0.6 is 34.3 Å². The first-order valence-corrected chi connectivity index (χ1v) is 11.9. The van der Waals surface area contributed by atoms with Crippen molar-refractivity contribution in [1.82, 2.24) is 4.98 Å². The van der Waals surface area contributed by atoms with Crippen molar-refractivity contribution in [1.29, 1.82) is 0 Å². The number of fused-ring (bicyclic) bond motifs is 1. The summed E-state index contributed by atoms with van der Waals surface area (Å²) in [5.74, 6) is 0.441. The zero-order valence-corrected chi connectivity index (χ0v) is 18.0. The van der Waals surface area contributed by atoms with Gasteiger partial charge in [0.15, 0.2) is 11.7 Å². The molecule has 2 aromatic heterocycles. The van der Waals surface area contributed by atoms with Gasteiger partial charge in [0, 0.05) is 17.5 Å². The van der Waals surface area contributed by atoms with Crippen LogP contribution in [0.15, 0.2) is 52.6 Å². The largest absolute Gasteiger partial charge is 0.482 e. The Kier molecular flexibility index (Phi) is 5.34. The molecule has 3 heterocycles. The number of thiophene rings is 1. The fourth-order valence-corrected chi connectivity index (χ4v) is 6.21. The quantitative estimate of drug-likeness (QED) is 0.548. The lowest BCUT2D eigenvalue weighted by atomic mass is 10.1. The highest BCUT2D eigenvalue weighted by Crippen LogP contribution is 2.37. The summed E-state index contributed by atoms with van der Waals surface area (Å²) < 4.78 is 33.3. The maximum absolute atomic E-state index is 12.4. The lowest BCUT2D eigenvalue weighted by Crippen LogP contribution is -2.38. The summed E-state index contributed by atoms with van der Waals surface area (Å²) in [7, 11) is -3.75. The number of hydrogen-bond acceptors (Lipinski definition) is 7. The summed E-state index contributed by atoms with van der Waals surface area (Å²) in [6.45, 7) is 4.04. The van der Waals surface area contributed by atoms with Crippen molar-refractivity contribution >= 4 is 61.0 Å². The molecule has 1 aromatic carbocycles. The molecule has 1 aliphatic rings. The monoisotopic (exact) mass is 467 g/mol. The van der Waals surface area contributed by atoms with E-state index in [1.807, 2.05) is 6.07 Å². The van der Waals surface area contributed by atoms with Crippen LogP contribution in [-0.2, 0) is 14.8 Å². The number of halogens is 1. The van der Waals surface area contributed by atoms with Crippen molar-refractivity contribution in [3.63, 3.8) is 0 Å². The number of hydrogen-bond donors (Lipinski definition) is 1. The maximum atomic E-state index is 12.4. The molecule has 0 saturated heterocycles. The Hall–Kier alpha value is -2.40. The van der Waals surface area contributed by atoms with E-state index in [4.69, 9.17) is 16.3 Å². The molecule has 0 fully saturated rings. The third-order valence-corrected chi connectivity index (χ3v) is 8.00. The normalized spacial score (nSPS) is 13.7. The number of rotatable bonds is 6. The van der Waals surface area contributed by atoms with Gasteiger partial charge in [-0.25, -0.2) is 13.4 Å². The molecule has 1 N–H and O–H groups in total. The van der Waals surface area contributed by atoms with Gasteiger partial charge in [0.25, 0.3) is 15.9 Å². The third kappa shape index (κ3) is 4.01. The predicted molar refractivity (Wildman–Crippen MR) is 116 cm³/mol. The van der Waals surface area contributed by atoms with E-state index >= 15 is 0 Å². The molecule has 1 aliphatic heterocycles. The minimum absolute atomic E-state index is 0.0183. The number of thiazole rings is 1. The Balaban J connectivity index is 1.62. The molecule has 7 nitrogen and oxygen atoms in total. The third-order valence-electron chi connectivity index (χ3n) is 4.05. The Morgan fingerprint density at radius 1 is 1.34 bits per heavy atom. The van der Waals surface area contributed by atoms with E-state index in [1.165, 1.54) is 12.1 Å². The first-order chi connectivity index (χ1) is 13.9. The van der Waals surface area contributed by atoms with Gasteiger partial charge in [-0.1, -0.05) is 17.7 Å². The average Bonchev–Trinajstić information content (AvgIpc) is 3.33. The molecule has 0 spiro atoms. The number of amides is 1. The van der Waals surface area contributed by atoms with E-state index in [0.29, 0.717) is 28.0 Å². The number of ether oxygens (including phenoxy) is 1. The van der Waals surface area contributed by atoms with Gasteiger partial charge in [-0.3, -0.25) is 9.52 Å². The van der Waals surface area contributed by atoms with E-state index in [9.17, 15) is 13.2 Å². The fraction of sp³-hybridized carbons (Fsp3) is 0.111. The topological polar surface area (TPSA) is 88.6 Å². The van der Waals surface area contributed by atoms with Crippen molar-refractivity contribution in [2.24, 2.45) is 0 Å². The number of carbonyl (C=O) groups excluding carboxylic acids is 1. The van der Waals surface area contributed by atoms with E-state index in [0.717, 1.165) is 28.2 Å². The molecule has 0 aliphatic carbocycles. The fourth-order valence-electron chi connectivity index (χ4n) is 2.75. The van der Waals surface area contributed by atoms with Gasteiger partial charge in [-0.05, 0) is 30.3 Å². The smallest absolute Gasteiger partial charge is 0.273 e. The summed E-state index contributed by atoms with van der Waals surface area (Å²) in [5.41, 5.74) is 1.94. The minimum Gasteiger partial charge on any atom is -0.482 e. The number of anilines is 2. The Labute approximate surface area is 180 Å². The van der Waals surface area contributed by atoms with Crippen LogP contribution in [0, 0.1) is 0 Å². The molecule has 0 saturated carbocycles. The Morgan fingerprint density at radius 2 is 2.17 bits per heavy atom. The molecule has 11 heteroatoms. The van der Waals surface area contributed by atoms with Crippen molar-refractivity contribution in [2.75, 3.05) is 22.8 Å². The number of benzene rings is 1. The molecule has 1 amide bonds. The highest BCUT2D eigenvalue weighted by Gasteiger charge is 2.25. The van der Waals surface area contributed by atoms with E-state index < -0.39 is 10.0 Å². The highest BCUT2D eigenvalue weighted by molar-refractivity contribution is 7.94. The summed E-state index contributed by atoms with van der Waals surface area (Å²) in [4.78, 5) is 18.1. The molecule has 0 atom stereocenters. The van der Waals surface area contributed by atoms with Gasteiger partial charge in [0.1, 0.15) is 9.96 Å². The van der Waals surface area contributed by atoms with Crippen molar-refractivity contribution in [2.45, 2.75) is 4.21 Å². The van der Waals surface area contributed by atoms with Gasteiger partial charge in [0.2, 0.25) is 0 Å². The molecule has 29 heavy (non-hydrogen) atoms. The molecule has 0 radical (unpaired) electrons. The molecular weight excluding hydrogens is 454 g/mol. The van der Waals surface area contributed by atoms with Crippen LogP contribution in [0.5, 0.6) is 5.75 Å². The van der Waals surface area contributed by atoms with Crippen LogP contribution in [0.3, 0.4) is 0 Å². The summed E-state index contributed by atoms with van der Waals surface area (Å²) >= 11 is 7.96. The standard InChI is InChI=1S/C18H14ClN3O4S3/c1-2-7-22-13-8-11(3-4-14(13)26-9-16(22)23)12-10-27-18(20-12)21-29(24,25)17-6-5-15(19)28-17/h2-6,8,10H,1,7,9H2,(H,20,21). The number of carbonyl (C=O) groups is 1. The van der Waals surface area contributed by atoms with Gasteiger partial charge in [-0.15, -0.1) is 29.3 Å². The highest BCUT2D eigenvalue weighted by atomic mass is 35.5. The lowest BCUT2D eigenvalue weighted by molar-refractivity contribution is -0.121. The summed E-state index contributed by atoms with van der Waals surface area (Å²) in [6, 6.07) is 8.34. The van der Waals surface area contributed by atoms with Crippen LogP contribution in [0.25, 0.3) is 11.3 Å². The molecule has 0 unspecified atom stereocenters. The average molecular weight is 468 g/mol. The van der Waals surface area contributed by atoms with Crippen LogP contribution in [-0.4, -0.2) is 32.5 Å². The molecule has 150 valence electrons.